The summed E-state index contributed by atoms with van der Waals surface area (Å²) in [5.41, 5.74) is 2.15. The predicted octanol–water partition coefficient (Wildman–Crippen LogP) is -0.134. The van der Waals surface area contributed by atoms with Crippen molar-refractivity contribution >= 4 is 5.91 Å². The van der Waals surface area contributed by atoms with E-state index in [2.05, 4.69) is 24.3 Å². The Kier molecular flexibility index (Phi) is 5.01. The highest BCUT2D eigenvalue weighted by Gasteiger charge is 2.23. The van der Waals surface area contributed by atoms with E-state index in [9.17, 15) is 4.79 Å². The molecule has 1 aliphatic heterocycles. The summed E-state index contributed by atoms with van der Waals surface area (Å²) < 4.78 is 5.33. The molecule has 0 aromatic heterocycles. The number of carbonyl (C=O) groups excluding carboxylic acids is 1. The maximum Gasteiger partial charge on any atom is 0.233 e. The minimum absolute atomic E-state index is 0.0991. The van der Waals surface area contributed by atoms with Crippen LogP contribution in [0.1, 0.15) is 26.2 Å². The van der Waals surface area contributed by atoms with E-state index < -0.39 is 0 Å². The molecule has 1 heterocycles. The lowest BCUT2D eigenvalue weighted by molar-refractivity contribution is -0.121. The second-order valence-corrected chi connectivity index (χ2v) is 4.14. The van der Waals surface area contributed by atoms with E-state index in [-0.39, 0.29) is 5.91 Å². The Labute approximate surface area is 90.9 Å². The molecule has 5 nitrogen and oxygen atoms in total. The summed E-state index contributed by atoms with van der Waals surface area (Å²) in [4.78, 5) is 13.3. The van der Waals surface area contributed by atoms with Gasteiger partial charge in [0.05, 0.1) is 6.61 Å². The van der Waals surface area contributed by atoms with Gasteiger partial charge in [-0.3, -0.25) is 15.1 Å². The number of nitrogens with two attached hydrogens (primary N) is 1. The molecule has 0 saturated carbocycles. The van der Waals surface area contributed by atoms with Gasteiger partial charge in [0.25, 0.3) is 0 Å². The average molecular weight is 215 g/mol. The zero-order valence-corrected chi connectivity index (χ0v) is 9.53. The van der Waals surface area contributed by atoms with Gasteiger partial charge in [-0.25, -0.2) is 5.84 Å². The van der Waals surface area contributed by atoms with Gasteiger partial charge in [-0.2, -0.15) is 0 Å². The van der Waals surface area contributed by atoms with Gasteiger partial charge in [-0.1, -0.05) is 0 Å². The largest absolute Gasteiger partial charge is 0.380 e. The monoisotopic (exact) mass is 215 g/mol. The SMILES string of the molecule is CC(CCC(=O)NN)N(C)C1CCOC1. The van der Waals surface area contributed by atoms with Crippen molar-refractivity contribution < 1.29 is 9.53 Å². The summed E-state index contributed by atoms with van der Waals surface area (Å²) >= 11 is 0. The lowest BCUT2D eigenvalue weighted by atomic mass is 10.1. The van der Waals surface area contributed by atoms with Crippen LogP contribution >= 0.6 is 0 Å². The highest BCUT2D eigenvalue weighted by atomic mass is 16.5. The van der Waals surface area contributed by atoms with Crippen LogP contribution in [0.5, 0.6) is 0 Å². The molecule has 5 heteroatoms. The molecular formula is C10H21N3O2. The predicted molar refractivity (Wildman–Crippen MR) is 58.0 cm³/mol. The molecule has 1 aliphatic rings. The Morgan fingerprint density at radius 2 is 2.47 bits per heavy atom. The van der Waals surface area contributed by atoms with Crippen molar-refractivity contribution in [3.05, 3.63) is 0 Å². The van der Waals surface area contributed by atoms with E-state index in [4.69, 9.17) is 10.6 Å². The molecule has 15 heavy (non-hydrogen) atoms. The van der Waals surface area contributed by atoms with Crippen molar-refractivity contribution in [3.63, 3.8) is 0 Å². The maximum atomic E-state index is 11.0. The van der Waals surface area contributed by atoms with Gasteiger partial charge in [0.15, 0.2) is 0 Å². The van der Waals surface area contributed by atoms with Crippen LogP contribution in [0.15, 0.2) is 0 Å². The van der Waals surface area contributed by atoms with Crippen molar-refractivity contribution in [1.29, 1.82) is 0 Å². The van der Waals surface area contributed by atoms with Gasteiger partial charge in [-0.05, 0) is 26.8 Å². The molecular weight excluding hydrogens is 194 g/mol. The Bertz CT molecular complexity index is 205. The van der Waals surface area contributed by atoms with Crippen LogP contribution in [0, 0.1) is 0 Å². The number of rotatable bonds is 5. The number of ether oxygens (including phenoxy) is 1. The first-order valence-electron chi connectivity index (χ1n) is 5.44. The summed E-state index contributed by atoms with van der Waals surface area (Å²) in [6.07, 6.45) is 2.40. The summed E-state index contributed by atoms with van der Waals surface area (Å²) in [6.45, 7) is 3.79. The second-order valence-electron chi connectivity index (χ2n) is 4.14. The first-order valence-corrected chi connectivity index (χ1v) is 5.44. The van der Waals surface area contributed by atoms with Gasteiger partial charge in [-0.15, -0.1) is 0 Å². The summed E-state index contributed by atoms with van der Waals surface area (Å²) in [6, 6.07) is 0.884. The van der Waals surface area contributed by atoms with Crippen molar-refractivity contribution in [2.75, 3.05) is 20.3 Å². The quantitative estimate of drug-likeness (QED) is 0.381. The number of hydrogen-bond acceptors (Lipinski definition) is 4. The number of likely N-dealkylation sites (N-methyl/N-ethyl adjacent to an activating group) is 1. The van der Waals surface area contributed by atoms with Crippen LogP contribution in [-0.4, -0.2) is 43.2 Å². The standard InChI is InChI=1S/C10H21N3O2/c1-8(3-4-10(14)12-11)13(2)9-5-6-15-7-9/h8-9H,3-7,11H2,1-2H3,(H,12,14). The number of amides is 1. The number of nitrogens with one attached hydrogen (secondary N) is 1. The second kappa shape index (κ2) is 6.05. The normalized spacial score (nSPS) is 23.1. The van der Waals surface area contributed by atoms with E-state index in [1.54, 1.807) is 0 Å². The molecule has 3 N–H and O–H groups in total. The molecule has 0 spiro atoms. The smallest absolute Gasteiger partial charge is 0.233 e. The molecule has 0 bridgehead atoms. The fourth-order valence-corrected chi connectivity index (χ4v) is 1.82. The first kappa shape index (κ1) is 12.4. The van der Waals surface area contributed by atoms with Crippen molar-refractivity contribution in [3.8, 4) is 0 Å². The van der Waals surface area contributed by atoms with E-state index in [0.717, 1.165) is 26.1 Å². The first-order chi connectivity index (χ1) is 7.15. The van der Waals surface area contributed by atoms with Gasteiger partial charge in [0.1, 0.15) is 0 Å². The minimum atomic E-state index is -0.0991. The Hall–Kier alpha value is -0.650. The molecule has 0 radical (unpaired) electrons. The van der Waals surface area contributed by atoms with Crippen LogP contribution in [0.2, 0.25) is 0 Å². The minimum Gasteiger partial charge on any atom is -0.380 e. The van der Waals surface area contributed by atoms with E-state index in [1.165, 1.54) is 0 Å². The highest BCUT2D eigenvalue weighted by Crippen LogP contribution is 2.15. The lowest BCUT2D eigenvalue weighted by Gasteiger charge is -2.29. The van der Waals surface area contributed by atoms with Crippen LogP contribution in [-0.2, 0) is 9.53 Å². The van der Waals surface area contributed by atoms with Gasteiger partial charge in [0, 0.05) is 25.1 Å². The zero-order chi connectivity index (χ0) is 11.3. The molecule has 0 aromatic carbocycles. The molecule has 0 aromatic rings. The fraction of sp³-hybridized carbons (Fsp3) is 0.900. The van der Waals surface area contributed by atoms with E-state index in [1.807, 2.05) is 0 Å². The fourth-order valence-electron chi connectivity index (χ4n) is 1.82. The average Bonchev–Trinajstić information content (AvgIpc) is 2.77. The molecule has 1 amide bonds. The molecule has 1 rings (SSSR count). The van der Waals surface area contributed by atoms with Crippen LogP contribution in [0.25, 0.3) is 0 Å². The number of hydrazine groups is 1. The van der Waals surface area contributed by atoms with Crippen molar-refractivity contribution in [2.45, 2.75) is 38.3 Å². The maximum absolute atomic E-state index is 11.0. The molecule has 88 valence electrons. The Morgan fingerprint density at radius 1 is 1.73 bits per heavy atom. The van der Waals surface area contributed by atoms with Crippen LogP contribution in [0.3, 0.4) is 0 Å². The van der Waals surface area contributed by atoms with Gasteiger partial charge >= 0.3 is 0 Å². The third kappa shape index (κ3) is 3.77. The van der Waals surface area contributed by atoms with Crippen molar-refractivity contribution in [1.82, 2.24) is 10.3 Å². The van der Waals surface area contributed by atoms with Crippen LogP contribution < -0.4 is 11.3 Å². The molecule has 2 unspecified atom stereocenters. The number of hydrogen-bond donors (Lipinski definition) is 2. The number of nitrogens with zero attached hydrogens (tertiary/aromatic N) is 1. The Morgan fingerprint density at radius 3 is 3.00 bits per heavy atom. The molecule has 1 fully saturated rings. The summed E-state index contributed by atoms with van der Waals surface area (Å²) in [5, 5.41) is 0. The third-order valence-corrected chi connectivity index (χ3v) is 3.13. The van der Waals surface area contributed by atoms with Gasteiger partial charge < -0.3 is 4.74 Å². The third-order valence-electron chi connectivity index (χ3n) is 3.13. The van der Waals surface area contributed by atoms with E-state index >= 15 is 0 Å². The zero-order valence-electron chi connectivity index (χ0n) is 9.53. The molecule has 0 aliphatic carbocycles. The highest BCUT2D eigenvalue weighted by molar-refractivity contribution is 5.75. The van der Waals surface area contributed by atoms with Crippen molar-refractivity contribution in [2.24, 2.45) is 5.84 Å². The summed E-state index contributed by atoms with van der Waals surface area (Å²) in [7, 11) is 2.09. The van der Waals surface area contributed by atoms with Crippen LogP contribution in [0.4, 0.5) is 0 Å². The van der Waals surface area contributed by atoms with Gasteiger partial charge in [0.2, 0.25) is 5.91 Å². The van der Waals surface area contributed by atoms with E-state index in [0.29, 0.717) is 18.5 Å². The molecule has 1 saturated heterocycles. The topological polar surface area (TPSA) is 67.6 Å². The Balaban J connectivity index is 2.25. The number of carbonyl (C=O) groups is 1. The summed E-state index contributed by atoms with van der Waals surface area (Å²) in [5.74, 6) is 4.92. The lowest BCUT2D eigenvalue weighted by Crippen LogP contribution is -2.40. The molecule has 2 atom stereocenters.